The maximum absolute atomic E-state index is 7.06. The Morgan fingerprint density at radius 3 is 1.85 bits per heavy atom. The molecule has 8 aromatic carbocycles. The third kappa shape index (κ3) is 4.78. The summed E-state index contributed by atoms with van der Waals surface area (Å²) in [5, 5.41) is 7.05. The van der Waals surface area contributed by atoms with Crippen molar-refractivity contribution in [3.05, 3.63) is 163 Å². The van der Waals surface area contributed by atoms with Gasteiger partial charge in [-0.2, -0.15) is 0 Å². The zero-order valence-corrected chi connectivity index (χ0v) is 35.2. The van der Waals surface area contributed by atoms with Gasteiger partial charge in [-0.15, -0.1) is 0 Å². The molecule has 0 spiro atoms. The first-order valence-electron chi connectivity index (χ1n) is 21.5. The fourth-order valence-corrected chi connectivity index (χ4v) is 10.6. The van der Waals surface area contributed by atoms with Crippen LogP contribution >= 0.6 is 0 Å². The minimum atomic E-state index is -0.169. The van der Waals surface area contributed by atoms with Crippen LogP contribution in [0.2, 0.25) is 0 Å². The van der Waals surface area contributed by atoms with Gasteiger partial charge in [-0.3, -0.25) is 0 Å². The van der Waals surface area contributed by atoms with E-state index in [1.165, 1.54) is 60.7 Å². The minimum Gasteiger partial charge on any atom is -0.456 e. The van der Waals surface area contributed by atoms with Crippen molar-refractivity contribution in [2.75, 3.05) is 4.81 Å². The molecule has 0 aliphatic carbocycles. The smallest absolute Gasteiger partial charge is 0.333 e. The van der Waals surface area contributed by atoms with Crippen molar-refractivity contribution >= 4 is 94.8 Å². The van der Waals surface area contributed by atoms with Gasteiger partial charge in [0.2, 0.25) is 0 Å². The van der Waals surface area contributed by atoms with Crippen molar-refractivity contribution in [2.24, 2.45) is 0 Å². The first-order chi connectivity index (χ1) is 29.5. The molecule has 5 heterocycles. The van der Waals surface area contributed by atoms with Crippen LogP contribution in [-0.4, -0.2) is 11.4 Å². The molecule has 0 bridgehead atoms. The second-order valence-corrected chi connectivity index (χ2v) is 19.3. The first kappa shape index (κ1) is 34.8. The largest absolute Gasteiger partial charge is 0.456 e. The van der Waals surface area contributed by atoms with Gasteiger partial charge in [0, 0.05) is 60.5 Å². The Labute approximate surface area is 354 Å². The summed E-state index contributed by atoms with van der Waals surface area (Å²) >= 11 is 0. The molecule has 0 fully saturated rings. The summed E-state index contributed by atoms with van der Waals surface area (Å²) in [6.45, 7) is 13.8. The Hall–Kier alpha value is -6.98. The minimum absolute atomic E-state index is 0.00287. The van der Waals surface area contributed by atoms with Gasteiger partial charge in [-0.25, -0.2) is 0 Å². The zero-order chi connectivity index (χ0) is 41.1. The van der Waals surface area contributed by atoms with E-state index in [2.05, 4.69) is 203 Å². The second kappa shape index (κ2) is 11.9. The average molecular weight is 787 g/mol. The van der Waals surface area contributed by atoms with Crippen molar-refractivity contribution in [1.29, 1.82) is 0 Å². The molecule has 0 saturated carbocycles. The number of rotatable bonds is 2. The van der Waals surface area contributed by atoms with Gasteiger partial charge >= 0.3 is 6.85 Å². The normalized spacial score (nSPS) is 13.7. The van der Waals surface area contributed by atoms with E-state index < -0.39 is 0 Å². The molecule has 292 valence electrons. The van der Waals surface area contributed by atoms with Gasteiger partial charge in [0.05, 0.1) is 11.0 Å². The van der Waals surface area contributed by atoms with Gasteiger partial charge < -0.3 is 18.2 Å². The fourth-order valence-electron chi connectivity index (χ4n) is 10.6. The van der Waals surface area contributed by atoms with Crippen molar-refractivity contribution < 1.29 is 8.83 Å². The van der Waals surface area contributed by atoms with Crippen LogP contribution in [0.4, 0.5) is 11.4 Å². The highest BCUT2D eigenvalue weighted by Crippen LogP contribution is 2.51. The monoisotopic (exact) mass is 786 g/mol. The number of benzene rings is 8. The van der Waals surface area contributed by atoms with Gasteiger partial charge in [-0.05, 0) is 105 Å². The summed E-state index contributed by atoms with van der Waals surface area (Å²) in [5.74, 6) is 0. The Balaban J connectivity index is 1.23. The number of furan rings is 2. The molecule has 3 aromatic heterocycles. The van der Waals surface area contributed by atoms with E-state index in [0.29, 0.717) is 0 Å². The Bertz CT molecular complexity index is 3670. The van der Waals surface area contributed by atoms with Crippen LogP contribution in [0.5, 0.6) is 0 Å². The Kier molecular flexibility index (Phi) is 6.77. The average Bonchev–Trinajstić information content (AvgIpc) is 3.93. The summed E-state index contributed by atoms with van der Waals surface area (Å²) in [6.07, 6.45) is 0. The van der Waals surface area contributed by atoms with Crippen LogP contribution in [0, 0.1) is 0 Å². The Morgan fingerprint density at radius 1 is 0.475 bits per heavy atom. The van der Waals surface area contributed by atoms with Crippen LogP contribution in [0.1, 0.15) is 52.7 Å². The van der Waals surface area contributed by atoms with Crippen LogP contribution in [0.3, 0.4) is 0 Å². The van der Waals surface area contributed by atoms with E-state index in [-0.39, 0.29) is 17.7 Å². The molecule has 5 heteroatoms. The SMILES string of the molecule is CC(C)(C)c1ccc2c(c1)c1cc(C(C)(C)C)cc3c1n2-c1cc2c(oc4ccccc42)c2c1B3N(c1ccc(-c3ccccc3)cc1)c1cc3c(cc1-2)oc1ccccc13. The van der Waals surface area contributed by atoms with E-state index in [9.17, 15) is 0 Å². The van der Waals surface area contributed by atoms with Crippen molar-refractivity contribution in [2.45, 2.75) is 52.4 Å². The summed E-state index contributed by atoms with van der Waals surface area (Å²) in [7, 11) is 0. The lowest BCUT2D eigenvalue weighted by molar-refractivity contribution is 0.590. The van der Waals surface area contributed by atoms with E-state index in [1.807, 2.05) is 0 Å². The van der Waals surface area contributed by atoms with Crippen LogP contribution < -0.4 is 15.7 Å². The number of anilines is 2. The van der Waals surface area contributed by atoms with Gasteiger partial charge in [-0.1, -0.05) is 133 Å². The lowest BCUT2D eigenvalue weighted by atomic mass is 9.43. The van der Waals surface area contributed by atoms with E-state index in [1.54, 1.807) is 0 Å². The Morgan fingerprint density at radius 2 is 1.11 bits per heavy atom. The summed E-state index contributed by atoms with van der Waals surface area (Å²) < 4.78 is 16.3. The number of para-hydroxylation sites is 2. The number of fused-ring (bicyclic) bond motifs is 14. The maximum atomic E-state index is 7.06. The van der Waals surface area contributed by atoms with Crippen molar-refractivity contribution in [3.63, 3.8) is 0 Å². The summed E-state index contributed by atoms with van der Waals surface area (Å²) in [6, 6.07) is 56.1. The predicted molar refractivity (Wildman–Crippen MR) is 257 cm³/mol. The lowest BCUT2D eigenvalue weighted by Crippen LogP contribution is -2.60. The lowest BCUT2D eigenvalue weighted by Gasteiger charge is -2.42. The number of nitrogens with zero attached hydrogens (tertiary/aromatic N) is 2. The molecule has 0 N–H and O–H groups in total. The number of hydrogen-bond acceptors (Lipinski definition) is 3. The van der Waals surface area contributed by atoms with Crippen LogP contribution in [0.25, 0.3) is 93.6 Å². The number of hydrogen-bond donors (Lipinski definition) is 0. The summed E-state index contributed by atoms with van der Waals surface area (Å²) in [4.78, 5) is 2.62. The molecule has 0 radical (unpaired) electrons. The van der Waals surface area contributed by atoms with Crippen LogP contribution in [-0.2, 0) is 10.8 Å². The third-order valence-electron chi connectivity index (χ3n) is 13.7. The van der Waals surface area contributed by atoms with E-state index in [0.717, 1.165) is 66.4 Å². The van der Waals surface area contributed by atoms with E-state index >= 15 is 0 Å². The topological polar surface area (TPSA) is 34.5 Å². The molecule has 11 aromatic rings. The van der Waals surface area contributed by atoms with Gasteiger partial charge in [0.25, 0.3) is 0 Å². The number of aromatic nitrogens is 1. The maximum Gasteiger partial charge on any atom is 0.333 e. The molecule has 0 saturated heterocycles. The fraction of sp³-hybridized carbons (Fsp3) is 0.143. The van der Waals surface area contributed by atoms with Crippen molar-refractivity contribution in [1.82, 2.24) is 4.57 Å². The molecule has 13 rings (SSSR count). The highest BCUT2D eigenvalue weighted by molar-refractivity contribution is 6.94. The molecule has 2 aliphatic heterocycles. The molecule has 4 nitrogen and oxygen atoms in total. The second-order valence-electron chi connectivity index (χ2n) is 19.3. The zero-order valence-electron chi connectivity index (χ0n) is 35.2. The predicted octanol–water partition coefficient (Wildman–Crippen LogP) is 14.1. The van der Waals surface area contributed by atoms with Crippen molar-refractivity contribution in [3.8, 4) is 27.9 Å². The van der Waals surface area contributed by atoms with Gasteiger partial charge in [0.1, 0.15) is 22.3 Å². The first-order valence-corrected chi connectivity index (χ1v) is 21.5. The highest BCUT2D eigenvalue weighted by Gasteiger charge is 2.46. The third-order valence-corrected chi connectivity index (χ3v) is 13.7. The molecule has 2 aliphatic rings. The molecule has 0 amide bonds. The molecular weight excluding hydrogens is 743 g/mol. The summed E-state index contributed by atoms with van der Waals surface area (Å²) in [5.41, 5.74) is 19.3. The van der Waals surface area contributed by atoms with E-state index in [4.69, 9.17) is 8.83 Å². The molecule has 0 unspecified atom stereocenters. The highest BCUT2D eigenvalue weighted by atomic mass is 16.3. The quantitative estimate of drug-likeness (QED) is 0.164. The standard InChI is InChI=1S/C56H43BN2O2/c1-55(2,3)34-22-25-45-39(26-34)41-27-35(56(4,5)6)28-44-53(41)58(45)47-30-42-38-17-11-13-19-49(38)61-54(42)51-43-31-50-40(37-16-10-12-18-48(37)60-50)29-46(43)59(57(44)52(47)51)36-23-20-33(21-24-36)32-14-8-7-9-15-32/h7-31H,1-6H3. The van der Waals surface area contributed by atoms with Crippen LogP contribution in [0.15, 0.2) is 160 Å². The molecule has 61 heavy (non-hydrogen) atoms. The van der Waals surface area contributed by atoms with Gasteiger partial charge in [0.15, 0.2) is 0 Å². The molecular formula is C56H43BN2O2. The molecule has 0 atom stereocenters.